The van der Waals surface area contributed by atoms with Crippen LogP contribution in [0.1, 0.15) is 12.8 Å². The molecule has 1 aliphatic rings. The zero-order chi connectivity index (χ0) is 13.3. The molecule has 1 fully saturated rings. The van der Waals surface area contributed by atoms with Crippen molar-refractivity contribution in [1.29, 1.82) is 0 Å². The van der Waals surface area contributed by atoms with Crippen molar-refractivity contribution in [3.63, 3.8) is 0 Å². The Balaban J connectivity index is 2.10. The third-order valence-corrected chi connectivity index (χ3v) is 2.97. The largest absolute Gasteiger partial charge is 0.358 e. The lowest BCUT2D eigenvalue weighted by Crippen LogP contribution is -2.43. The first-order valence-electron chi connectivity index (χ1n) is 5.66. The number of carbonyl (C=O) groups is 1. The molecule has 1 unspecified atom stereocenters. The Morgan fingerprint density at radius 2 is 2.28 bits per heavy atom. The summed E-state index contributed by atoms with van der Waals surface area (Å²) >= 11 is 0. The summed E-state index contributed by atoms with van der Waals surface area (Å²) in [7, 11) is 3.36. The number of anilines is 1. The molecule has 0 spiro atoms. The van der Waals surface area contributed by atoms with Crippen molar-refractivity contribution in [1.82, 2.24) is 14.7 Å². The fourth-order valence-electron chi connectivity index (χ4n) is 2.04. The van der Waals surface area contributed by atoms with Gasteiger partial charge in [-0.25, -0.2) is 0 Å². The highest BCUT2D eigenvalue weighted by Crippen LogP contribution is 2.24. The molecule has 1 N–H and O–H groups in total. The van der Waals surface area contributed by atoms with E-state index in [0.29, 0.717) is 19.4 Å². The first-order valence-corrected chi connectivity index (χ1v) is 5.66. The number of nitrogens with one attached hydrogen (secondary N) is 1. The summed E-state index contributed by atoms with van der Waals surface area (Å²) in [6.07, 6.45) is 2.48. The predicted molar refractivity (Wildman–Crippen MR) is 64.1 cm³/mol. The van der Waals surface area contributed by atoms with Crippen LogP contribution in [0.3, 0.4) is 0 Å². The highest BCUT2D eigenvalue weighted by Gasteiger charge is 2.26. The van der Waals surface area contributed by atoms with Gasteiger partial charge in [0.1, 0.15) is 6.20 Å². The summed E-state index contributed by atoms with van der Waals surface area (Å²) in [6, 6.07) is 0.00120. The van der Waals surface area contributed by atoms with E-state index < -0.39 is 4.92 Å². The molecule has 0 aromatic carbocycles. The molecule has 0 radical (unpaired) electrons. The van der Waals surface area contributed by atoms with Crippen molar-refractivity contribution in [2.24, 2.45) is 7.05 Å². The van der Waals surface area contributed by atoms with Crippen LogP contribution in [0.4, 0.5) is 11.5 Å². The third kappa shape index (κ3) is 2.41. The smallest absolute Gasteiger partial charge is 0.330 e. The molecule has 0 bridgehead atoms. The van der Waals surface area contributed by atoms with Crippen molar-refractivity contribution in [2.45, 2.75) is 18.9 Å². The average molecular weight is 253 g/mol. The van der Waals surface area contributed by atoms with Crippen molar-refractivity contribution >= 4 is 17.4 Å². The standard InChI is InChI=1S/C10H15N5O3/c1-13-5-7(3-4-9(13)16)11-10-8(15(17)18)6-14(2)12-10/h6-7H,3-5H2,1-2H3,(H,11,12). The molecule has 0 aliphatic carbocycles. The van der Waals surface area contributed by atoms with E-state index in [4.69, 9.17) is 0 Å². The van der Waals surface area contributed by atoms with Gasteiger partial charge in [0.2, 0.25) is 11.7 Å². The van der Waals surface area contributed by atoms with Crippen LogP contribution in [-0.4, -0.2) is 45.1 Å². The van der Waals surface area contributed by atoms with Gasteiger partial charge in [0.05, 0.1) is 4.92 Å². The van der Waals surface area contributed by atoms with Crippen LogP contribution in [0.15, 0.2) is 6.20 Å². The van der Waals surface area contributed by atoms with E-state index >= 15 is 0 Å². The summed E-state index contributed by atoms with van der Waals surface area (Å²) in [5.41, 5.74) is -0.0444. The van der Waals surface area contributed by atoms with Gasteiger partial charge < -0.3 is 10.2 Å². The van der Waals surface area contributed by atoms with Crippen LogP contribution in [0.2, 0.25) is 0 Å². The number of hydrogen-bond donors (Lipinski definition) is 1. The molecule has 98 valence electrons. The maximum Gasteiger partial charge on any atom is 0.330 e. The molecule has 1 atom stereocenters. The molecule has 8 nitrogen and oxygen atoms in total. The number of nitro groups is 1. The molecule has 1 saturated heterocycles. The fraction of sp³-hybridized carbons (Fsp3) is 0.600. The van der Waals surface area contributed by atoms with Gasteiger partial charge in [0.25, 0.3) is 0 Å². The molecule has 2 heterocycles. The number of aryl methyl sites for hydroxylation is 1. The molecule has 1 aromatic rings. The van der Waals surface area contributed by atoms with Crippen LogP contribution in [0.25, 0.3) is 0 Å². The fourth-order valence-corrected chi connectivity index (χ4v) is 2.04. The molecule has 1 aliphatic heterocycles. The number of likely N-dealkylation sites (tertiary alicyclic amines) is 1. The van der Waals surface area contributed by atoms with Crippen LogP contribution in [0, 0.1) is 10.1 Å². The van der Waals surface area contributed by atoms with E-state index in [2.05, 4.69) is 10.4 Å². The second-order valence-corrected chi connectivity index (χ2v) is 4.45. The van der Waals surface area contributed by atoms with Crippen LogP contribution in [-0.2, 0) is 11.8 Å². The van der Waals surface area contributed by atoms with E-state index in [0.717, 1.165) is 0 Å². The van der Waals surface area contributed by atoms with E-state index in [1.165, 1.54) is 10.9 Å². The molecule has 1 amide bonds. The highest BCUT2D eigenvalue weighted by atomic mass is 16.6. The highest BCUT2D eigenvalue weighted by molar-refractivity contribution is 5.77. The minimum absolute atomic E-state index is 0.00120. The van der Waals surface area contributed by atoms with Crippen LogP contribution < -0.4 is 5.32 Å². The molecule has 2 rings (SSSR count). The number of rotatable bonds is 3. The number of likely N-dealkylation sites (N-methyl/N-ethyl adjacent to an activating group) is 1. The zero-order valence-corrected chi connectivity index (χ0v) is 10.3. The second-order valence-electron chi connectivity index (χ2n) is 4.45. The normalized spacial score (nSPS) is 20.0. The maximum atomic E-state index is 11.3. The topological polar surface area (TPSA) is 93.3 Å². The van der Waals surface area contributed by atoms with E-state index in [1.54, 1.807) is 19.0 Å². The third-order valence-electron chi connectivity index (χ3n) is 2.97. The SMILES string of the molecule is CN1CC(Nc2nn(C)cc2[N+](=O)[O-])CCC1=O. The Labute approximate surface area is 104 Å². The van der Waals surface area contributed by atoms with Crippen molar-refractivity contribution in [2.75, 3.05) is 18.9 Å². The Hall–Kier alpha value is -2.12. The zero-order valence-electron chi connectivity index (χ0n) is 10.3. The lowest BCUT2D eigenvalue weighted by molar-refractivity contribution is -0.384. The first-order chi connectivity index (χ1) is 8.47. The minimum atomic E-state index is -0.465. The van der Waals surface area contributed by atoms with Crippen molar-refractivity contribution < 1.29 is 9.72 Å². The molecule has 1 aromatic heterocycles. The van der Waals surface area contributed by atoms with E-state index in [-0.39, 0.29) is 23.5 Å². The van der Waals surface area contributed by atoms with Crippen LogP contribution in [0.5, 0.6) is 0 Å². The van der Waals surface area contributed by atoms with Gasteiger partial charge >= 0.3 is 5.69 Å². The van der Waals surface area contributed by atoms with Gasteiger partial charge in [-0.2, -0.15) is 0 Å². The molecular formula is C10H15N5O3. The quantitative estimate of drug-likeness (QED) is 0.620. The molecule has 8 heteroatoms. The van der Waals surface area contributed by atoms with E-state index in [9.17, 15) is 14.9 Å². The first kappa shape index (κ1) is 12.3. The average Bonchev–Trinajstić information content (AvgIpc) is 2.65. The Bertz CT molecular complexity index is 484. The van der Waals surface area contributed by atoms with Crippen LogP contribution >= 0.6 is 0 Å². The number of carbonyl (C=O) groups excluding carboxylic acids is 1. The monoisotopic (exact) mass is 253 g/mol. The van der Waals surface area contributed by atoms with E-state index in [1.807, 2.05) is 0 Å². The summed E-state index contributed by atoms with van der Waals surface area (Å²) in [5, 5.41) is 17.9. The second kappa shape index (κ2) is 4.63. The Kier molecular flexibility index (Phi) is 3.17. The van der Waals surface area contributed by atoms with Gasteiger partial charge in [0, 0.05) is 33.1 Å². The lowest BCUT2D eigenvalue weighted by Gasteiger charge is -2.29. The lowest BCUT2D eigenvalue weighted by atomic mass is 10.1. The summed E-state index contributed by atoms with van der Waals surface area (Å²) < 4.78 is 1.40. The van der Waals surface area contributed by atoms with Crippen molar-refractivity contribution in [3.8, 4) is 0 Å². The molecular weight excluding hydrogens is 238 g/mol. The number of hydrogen-bond acceptors (Lipinski definition) is 5. The Morgan fingerprint density at radius 1 is 1.56 bits per heavy atom. The van der Waals surface area contributed by atoms with Gasteiger partial charge in [0.15, 0.2) is 0 Å². The molecule has 18 heavy (non-hydrogen) atoms. The van der Waals surface area contributed by atoms with Gasteiger partial charge in [-0.3, -0.25) is 19.6 Å². The summed E-state index contributed by atoms with van der Waals surface area (Å²) in [6.45, 7) is 0.534. The Morgan fingerprint density at radius 3 is 2.89 bits per heavy atom. The van der Waals surface area contributed by atoms with Crippen molar-refractivity contribution in [3.05, 3.63) is 16.3 Å². The number of amides is 1. The van der Waals surface area contributed by atoms with Gasteiger partial charge in [-0.15, -0.1) is 5.10 Å². The summed E-state index contributed by atoms with van der Waals surface area (Å²) in [4.78, 5) is 23.3. The molecule has 0 saturated carbocycles. The number of aromatic nitrogens is 2. The predicted octanol–water partition coefficient (Wildman–Crippen LogP) is 0.361. The summed E-state index contributed by atoms with van der Waals surface area (Å²) in [5.74, 6) is 0.360. The number of nitrogens with zero attached hydrogens (tertiary/aromatic N) is 4. The minimum Gasteiger partial charge on any atom is -0.358 e. The maximum absolute atomic E-state index is 11.3. The van der Waals surface area contributed by atoms with Gasteiger partial charge in [-0.1, -0.05) is 0 Å². The van der Waals surface area contributed by atoms with Gasteiger partial charge in [-0.05, 0) is 6.42 Å². The number of piperidine rings is 1.